The van der Waals surface area contributed by atoms with Crippen LogP contribution in [0.3, 0.4) is 0 Å². The zero-order chi connectivity index (χ0) is 13.8. The first-order valence-electron chi connectivity index (χ1n) is 6.81. The van der Waals surface area contributed by atoms with Gasteiger partial charge in [-0.25, -0.2) is 9.97 Å². The maximum atomic E-state index is 5.51. The van der Waals surface area contributed by atoms with E-state index in [1.165, 1.54) is 6.42 Å². The van der Waals surface area contributed by atoms with Crippen LogP contribution < -0.4 is 16.0 Å². The zero-order valence-corrected chi connectivity index (χ0v) is 12.1. The molecule has 1 fully saturated rings. The number of rotatable bonds is 5. The Labute approximate surface area is 115 Å². The molecule has 0 aromatic carbocycles. The zero-order valence-electron chi connectivity index (χ0n) is 12.1. The Bertz CT molecular complexity index is 422. The van der Waals surface area contributed by atoms with Crippen LogP contribution in [0.1, 0.15) is 12.2 Å². The first-order valence-corrected chi connectivity index (χ1v) is 6.81. The second kappa shape index (κ2) is 6.16. The quantitative estimate of drug-likeness (QED) is 0.797. The number of likely N-dealkylation sites (N-methyl/N-ethyl adjacent to an activating group) is 2. The second-order valence-electron chi connectivity index (χ2n) is 5.19. The van der Waals surface area contributed by atoms with Gasteiger partial charge in [-0.1, -0.05) is 0 Å². The fourth-order valence-corrected chi connectivity index (χ4v) is 2.44. The summed E-state index contributed by atoms with van der Waals surface area (Å²) in [6.45, 7) is 5.49. The number of nitrogens with one attached hydrogen (secondary N) is 1. The third-order valence-electron chi connectivity index (χ3n) is 3.55. The summed E-state index contributed by atoms with van der Waals surface area (Å²) in [5, 5.41) is 3.22. The Morgan fingerprint density at radius 2 is 2.32 bits per heavy atom. The second-order valence-corrected chi connectivity index (χ2v) is 5.19. The summed E-state index contributed by atoms with van der Waals surface area (Å²) in [4.78, 5) is 13.5. The third kappa shape index (κ3) is 3.54. The van der Waals surface area contributed by atoms with Crippen molar-refractivity contribution in [2.24, 2.45) is 5.73 Å². The Morgan fingerprint density at radius 3 is 2.95 bits per heavy atom. The molecule has 106 valence electrons. The van der Waals surface area contributed by atoms with Crippen LogP contribution in [-0.2, 0) is 0 Å². The molecule has 6 heteroatoms. The van der Waals surface area contributed by atoms with E-state index in [1.807, 2.05) is 13.0 Å². The van der Waals surface area contributed by atoms with Crippen LogP contribution in [-0.4, -0.2) is 61.2 Å². The average molecular weight is 264 g/mol. The number of likely N-dealkylation sites (tertiary alicyclic amines) is 1. The Balaban J connectivity index is 2.12. The topological polar surface area (TPSA) is 70.3 Å². The molecule has 1 unspecified atom stereocenters. The molecule has 0 spiro atoms. The Kier molecular flexibility index (Phi) is 4.55. The van der Waals surface area contributed by atoms with Gasteiger partial charge in [0.1, 0.15) is 17.5 Å². The van der Waals surface area contributed by atoms with Crippen molar-refractivity contribution in [1.29, 1.82) is 0 Å². The molecule has 19 heavy (non-hydrogen) atoms. The average Bonchev–Trinajstić information content (AvgIpc) is 2.81. The first kappa shape index (κ1) is 14.0. The SMILES string of the molecule is Cc1nc(NCCN)cc(N(C)C2CCN(C)C2)n1. The van der Waals surface area contributed by atoms with Gasteiger partial charge in [0.05, 0.1) is 0 Å². The van der Waals surface area contributed by atoms with Gasteiger partial charge in [-0.2, -0.15) is 0 Å². The third-order valence-corrected chi connectivity index (χ3v) is 3.55. The lowest BCUT2D eigenvalue weighted by Crippen LogP contribution is -2.34. The van der Waals surface area contributed by atoms with Crippen molar-refractivity contribution in [2.45, 2.75) is 19.4 Å². The van der Waals surface area contributed by atoms with E-state index in [0.29, 0.717) is 12.6 Å². The molecule has 1 aromatic heterocycles. The van der Waals surface area contributed by atoms with Crippen LogP contribution >= 0.6 is 0 Å². The van der Waals surface area contributed by atoms with Crippen LogP contribution in [0, 0.1) is 6.92 Å². The molecule has 1 aliphatic heterocycles. The highest BCUT2D eigenvalue weighted by atomic mass is 15.3. The number of nitrogens with two attached hydrogens (primary N) is 1. The molecule has 1 aromatic rings. The number of nitrogens with zero attached hydrogens (tertiary/aromatic N) is 4. The van der Waals surface area contributed by atoms with Gasteiger partial charge < -0.3 is 20.9 Å². The minimum absolute atomic E-state index is 0.529. The summed E-state index contributed by atoms with van der Waals surface area (Å²) < 4.78 is 0. The van der Waals surface area contributed by atoms with Crippen LogP contribution in [0.15, 0.2) is 6.07 Å². The van der Waals surface area contributed by atoms with Crippen molar-refractivity contribution < 1.29 is 0 Å². The molecule has 3 N–H and O–H groups in total. The van der Waals surface area contributed by atoms with E-state index in [4.69, 9.17) is 5.73 Å². The van der Waals surface area contributed by atoms with Gasteiger partial charge in [-0.3, -0.25) is 0 Å². The van der Waals surface area contributed by atoms with Crippen molar-refractivity contribution in [3.05, 3.63) is 11.9 Å². The van der Waals surface area contributed by atoms with E-state index in [2.05, 4.69) is 39.2 Å². The smallest absolute Gasteiger partial charge is 0.134 e. The molecule has 0 amide bonds. The fraction of sp³-hybridized carbons (Fsp3) is 0.692. The minimum Gasteiger partial charge on any atom is -0.369 e. The Hall–Kier alpha value is -1.40. The number of anilines is 2. The molecule has 1 atom stereocenters. The lowest BCUT2D eigenvalue weighted by molar-refractivity contribution is 0.409. The molecule has 6 nitrogen and oxygen atoms in total. The van der Waals surface area contributed by atoms with Gasteiger partial charge in [0, 0.05) is 38.8 Å². The molecule has 2 rings (SSSR count). The summed E-state index contributed by atoms with van der Waals surface area (Å²) >= 11 is 0. The van der Waals surface area contributed by atoms with Crippen molar-refractivity contribution in [3.8, 4) is 0 Å². The molecule has 0 bridgehead atoms. The highest BCUT2D eigenvalue weighted by Crippen LogP contribution is 2.21. The van der Waals surface area contributed by atoms with E-state index in [-0.39, 0.29) is 0 Å². The summed E-state index contributed by atoms with van der Waals surface area (Å²) in [5.41, 5.74) is 5.51. The van der Waals surface area contributed by atoms with Crippen molar-refractivity contribution >= 4 is 11.6 Å². The molecular formula is C13H24N6. The lowest BCUT2D eigenvalue weighted by atomic mass is 10.2. The number of aryl methyl sites for hydroxylation is 1. The van der Waals surface area contributed by atoms with E-state index in [0.717, 1.165) is 37.1 Å². The molecule has 2 heterocycles. The van der Waals surface area contributed by atoms with Gasteiger partial charge in [0.25, 0.3) is 0 Å². The molecular weight excluding hydrogens is 240 g/mol. The van der Waals surface area contributed by atoms with Crippen LogP contribution in [0.2, 0.25) is 0 Å². The van der Waals surface area contributed by atoms with Gasteiger partial charge in [-0.05, 0) is 26.9 Å². The summed E-state index contributed by atoms with van der Waals surface area (Å²) in [5.74, 6) is 2.62. The van der Waals surface area contributed by atoms with Crippen molar-refractivity contribution in [1.82, 2.24) is 14.9 Å². The predicted octanol–water partition coefficient (Wildman–Crippen LogP) is 0.296. The molecule has 1 aliphatic rings. The predicted molar refractivity (Wildman–Crippen MR) is 78.6 cm³/mol. The summed E-state index contributed by atoms with van der Waals surface area (Å²) in [6.07, 6.45) is 1.18. The largest absolute Gasteiger partial charge is 0.369 e. The van der Waals surface area contributed by atoms with Crippen molar-refractivity contribution in [3.63, 3.8) is 0 Å². The van der Waals surface area contributed by atoms with Gasteiger partial charge in [0.15, 0.2) is 0 Å². The van der Waals surface area contributed by atoms with Gasteiger partial charge in [0.2, 0.25) is 0 Å². The molecule has 0 radical (unpaired) electrons. The van der Waals surface area contributed by atoms with E-state index in [1.54, 1.807) is 0 Å². The van der Waals surface area contributed by atoms with Crippen LogP contribution in [0.5, 0.6) is 0 Å². The molecule has 1 saturated heterocycles. The molecule has 0 saturated carbocycles. The van der Waals surface area contributed by atoms with Crippen LogP contribution in [0.25, 0.3) is 0 Å². The molecule has 0 aliphatic carbocycles. The maximum absolute atomic E-state index is 5.51. The normalized spacial score (nSPS) is 19.7. The number of aromatic nitrogens is 2. The van der Waals surface area contributed by atoms with E-state index < -0.39 is 0 Å². The monoisotopic (exact) mass is 264 g/mol. The summed E-state index contributed by atoms with van der Waals surface area (Å²) in [6, 6.07) is 2.53. The highest BCUT2D eigenvalue weighted by molar-refractivity contribution is 5.49. The minimum atomic E-state index is 0.529. The Morgan fingerprint density at radius 1 is 1.53 bits per heavy atom. The summed E-state index contributed by atoms with van der Waals surface area (Å²) in [7, 11) is 4.27. The van der Waals surface area contributed by atoms with E-state index in [9.17, 15) is 0 Å². The van der Waals surface area contributed by atoms with Crippen LogP contribution in [0.4, 0.5) is 11.6 Å². The van der Waals surface area contributed by atoms with E-state index >= 15 is 0 Å². The number of hydrogen-bond donors (Lipinski definition) is 2. The van der Waals surface area contributed by atoms with Gasteiger partial charge >= 0.3 is 0 Å². The first-order chi connectivity index (χ1) is 9.10. The fourth-order valence-electron chi connectivity index (χ4n) is 2.44. The lowest BCUT2D eigenvalue weighted by Gasteiger charge is -2.26. The maximum Gasteiger partial charge on any atom is 0.134 e. The highest BCUT2D eigenvalue weighted by Gasteiger charge is 2.24. The van der Waals surface area contributed by atoms with Crippen molar-refractivity contribution in [2.75, 3.05) is 50.5 Å². The standard InChI is InChI=1S/C13H24N6/c1-10-16-12(15-6-5-14)8-13(17-10)19(3)11-4-7-18(2)9-11/h8,11H,4-7,9,14H2,1-3H3,(H,15,16,17). The van der Waals surface area contributed by atoms with Gasteiger partial charge in [-0.15, -0.1) is 0 Å². The number of hydrogen-bond acceptors (Lipinski definition) is 6.